The van der Waals surface area contributed by atoms with Gasteiger partial charge in [-0.2, -0.15) is 0 Å². The summed E-state index contributed by atoms with van der Waals surface area (Å²) in [6.45, 7) is 2.15. The van der Waals surface area contributed by atoms with Gasteiger partial charge in [-0.05, 0) is 31.0 Å². The van der Waals surface area contributed by atoms with Crippen LogP contribution in [-0.2, 0) is 6.67 Å². The molecule has 6 nitrogen and oxygen atoms in total. The number of hydrogen-bond acceptors (Lipinski definition) is 3. The van der Waals surface area contributed by atoms with Crippen LogP contribution < -0.4 is 4.90 Å². The maximum Gasteiger partial charge on any atom is 0.326 e. The summed E-state index contributed by atoms with van der Waals surface area (Å²) in [7, 11) is 0. The first-order valence-corrected chi connectivity index (χ1v) is 9.95. The van der Waals surface area contributed by atoms with Crippen LogP contribution in [0.25, 0.3) is 22.6 Å². The van der Waals surface area contributed by atoms with E-state index in [-0.39, 0.29) is 18.4 Å². The molecule has 7 heteroatoms. The zero-order chi connectivity index (χ0) is 18.9. The molecule has 1 saturated heterocycles. The molecule has 5 rings (SSSR count). The van der Waals surface area contributed by atoms with Crippen LogP contribution in [0.1, 0.15) is 25.7 Å². The van der Waals surface area contributed by atoms with E-state index >= 15 is 0 Å². The largest absolute Gasteiger partial charge is 0.326 e. The fourth-order valence-electron chi connectivity index (χ4n) is 4.20. The molecule has 2 aromatic heterocycles. The number of para-hydroxylation sites is 1. The smallest absolute Gasteiger partial charge is 0.324 e. The number of likely N-dealkylation sites (tertiary alicyclic amines) is 1. The van der Waals surface area contributed by atoms with Crippen molar-refractivity contribution in [2.24, 2.45) is 0 Å². The number of halogens is 1. The maximum atomic E-state index is 13.5. The van der Waals surface area contributed by atoms with Gasteiger partial charge in [0.25, 0.3) is 0 Å². The molecule has 4 heterocycles. The highest BCUT2D eigenvalue weighted by atomic mass is 35.5. The lowest BCUT2D eigenvalue weighted by Crippen LogP contribution is -2.46. The lowest BCUT2D eigenvalue weighted by molar-refractivity contribution is 0.204. The molecule has 1 fully saturated rings. The van der Waals surface area contributed by atoms with Gasteiger partial charge in [-0.25, -0.2) is 9.78 Å². The van der Waals surface area contributed by atoms with Crippen LogP contribution in [0.15, 0.2) is 55.0 Å². The summed E-state index contributed by atoms with van der Waals surface area (Å²) in [6.07, 6.45) is 10.0. The molecule has 2 amide bonds. The molecule has 2 aliphatic heterocycles. The number of carbonyl (C=O) groups excluding carboxylic acids is 1. The van der Waals surface area contributed by atoms with Crippen LogP contribution in [0.2, 0.25) is 0 Å². The number of nitrogens with zero attached hydrogens (tertiary/aromatic N) is 5. The third kappa shape index (κ3) is 3.49. The van der Waals surface area contributed by atoms with E-state index in [0.717, 1.165) is 54.3 Å². The van der Waals surface area contributed by atoms with Crippen molar-refractivity contribution in [1.82, 2.24) is 19.4 Å². The van der Waals surface area contributed by atoms with Gasteiger partial charge in [-0.1, -0.05) is 31.0 Å². The van der Waals surface area contributed by atoms with E-state index in [9.17, 15) is 4.79 Å². The molecule has 29 heavy (non-hydrogen) atoms. The van der Waals surface area contributed by atoms with Crippen molar-refractivity contribution in [3.8, 4) is 22.6 Å². The Morgan fingerprint density at radius 1 is 0.931 bits per heavy atom. The summed E-state index contributed by atoms with van der Waals surface area (Å²) in [5, 5.41) is 0. The van der Waals surface area contributed by atoms with E-state index < -0.39 is 0 Å². The van der Waals surface area contributed by atoms with Crippen molar-refractivity contribution >= 4 is 24.1 Å². The quantitative estimate of drug-likeness (QED) is 0.579. The van der Waals surface area contributed by atoms with Crippen molar-refractivity contribution < 1.29 is 4.79 Å². The third-order valence-electron chi connectivity index (χ3n) is 5.66. The number of anilines is 1. The average molecular weight is 410 g/mol. The van der Waals surface area contributed by atoms with Gasteiger partial charge in [-0.15, -0.1) is 12.4 Å². The van der Waals surface area contributed by atoms with Crippen molar-refractivity contribution in [3.05, 3.63) is 55.0 Å². The molecule has 1 aromatic carbocycles. The lowest BCUT2D eigenvalue weighted by atomic mass is 10.1. The predicted molar refractivity (Wildman–Crippen MR) is 116 cm³/mol. The van der Waals surface area contributed by atoms with Gasteiger partial charge in [0.1, 0.15) is 12.5 Å². The first kappa shape index (κ1) is 19.5. The zero-order valence-corrected chi connectivity index (χ0v) is 17.0. The fraction of sp³-hybridized carbons (Fsp3) is 0.318. The number of aromatic nitrogens is 3. The minimum absolute atomic E-state index is 0. The monoisotopic (exact) mass is 409 g/mol. The first-order chi connectivity index (χ1) is 13.8. The number of carbonyl (C=O) groups is 1. The molecule has 0 spiro atoms. The highest BCUT2D eigenvalue weighted by Crippen LogP contribution is 2.38. The van der Waals surface area contributed by atoms with Crippen LogP contribution in [0.5, 0.6) is 0 Å². The maximum absolute atomic E-state index is 13.5. The second-order valence-electron chi connectivity index (χ2n) is 7.40. The number of imidazole rings is 1. The Hall–Kier alpha value is -2.86. The van der Waals surface area contributed by atoms with Gasteiger partial charge in [0.15, 0.2) is 0 Å². The van der Waals surface area contributed by atoms with E-state index in [2.05, 4.69) is 20.6 Å². The number of pyridine rings is 1. The minimum atomic E-state index is 0. The molecule has 0 unspecified atom stereocenters. The van der Waals surface area contributed by atoms with Gasteiger partial charge in [0, 0.05) is 36.6 Å². The number of amides is 2. The summed E-state index contributed by atoms with van der Waals surface area (Å²) in [5.41, 5.74) is 4.06. The summed E-state index contributed by atoms with van der Waals surface area (Å²) < 4.78 is 2.13. The minimum Gasteiger partial charge on any atom is -0.324 e. The van der Waals surface area contributed by atoms with E-state index in [4.69, 9.17) is 0 Å². The Bertz CT molecular complexity index is 982. The molecular weight excluding hydrogens is 386 g/mol. The second-order valence-corrected chi connectivity index (χ2v) is 7.40. The van der Waals surface area contributed by atoms with Gasteiger partial charge in [-0.3, -0.25) is 9.88 Å². The molecular formula is C22H24ClN5O. The Labute approximate surface area is 176 Å². The standard InChI is InChI=1S/C22H23N5O.ClH/c28-22(25-13-5-1-2-6-14-25)27-16-26-20(18-7-3-4-8-19(18)27)15-24-21(26)17-9-11-23-12-10-17;/h3-4,7-12,15H,1-2,5-6,13-14,16H2;1H. The molecule has 2 aliphatic rings. The molecule has 0 radical (unpaired) electrons. The van der Waals surface area contributed by atoms with Crippen LogP contribution in [-0.4, -0.2) is 38.6 Å². The summed E-state index contributed by atoms with van der Waals surface area (Å²) in [4.78, 5) is 26.2. The number of rotatable bonds is 1. The fourth-order valence-corrected chi connectivity index (χ4v) is 4.20. The summed E-state index contributed by atoms with van der Waals surface area (Å²) >= 11 is 0. The Balaban J connectivity index is 0.00000205. The van der Waals surface area contributed by atoms with E-state index in [1.807, 2.05) is 46.3 Å². The highest BCUT2D eigenvalue weighted by molar-refractivity contribution is 5.97. The van der Waals surface area contributed by atoms with Gasteiger partial charge < -0.3 is 9.47 Å². The van der Waals surface area contributed by atoms with Crippen LogP contribution in [0, 0.1) is 0 Å². The Morgan fingerprint density at radius 3 is 2.41 bits per heavy atom. The summed E-state index contributed by atoms with van der Waals surface area (Å²) in [5.74, 6) is 0.862. The van der Waals surface area contributed by atoms with Gasteiger partial charge in [0.2, 0.25) is 0 Å². The van der Waals surface area contributed by atoms with Crippen molar-refractivity contribution in [2.75, 3.05) is 18.0 Å². The number of urea groups is 1. The molecule has 0 bridgehead atoms. The Kier molecular flexibility index (Phi) is 5.53. The lowest BCUT2D eigenvalue weighted by Gasteiger charge is -2.35. The number of benzene rings is 1. The molecule has 0 aliphatic carbocycles. The van der Waals surface area contributed by atoms with Crippen molar-refractivity contribution in [3.63, 3.8) is 0 Å². The van der Waals surface area contributed by atoms with Gasteiger partial charge in [0.05, 0.1) is 17.6 Å². The second kappa shape index (κ2) is 8.25. The van der Waals surface area contributed by atoms with E-state index in [0.29, 0.717) is 6.67 Å². The SMILES string of the molecule is Cl.O=C(N1CCCCCC1)N1Cn2c(cnc2-c2ccncc2)-c2ccccc21. The Morgan fingerprint density at radius 2 is 1.66 bits per heavy atom. The van der Waals surface area contributed by atoms with Gasteiger partial charge >= 0.3 is 6.03 Å². The molecule has 0 N–H and O–H groups in total. The molecule has 3 aromatic rings. The molecule has 150 valence electrons. The number of hydrogen-bond donors (Lipinski definition) is 0. The average Bonchev–Trinajstić information content (AvgIpc) is 2.99. The van der Waals surface area contributed by atoms with Crippen molar-refractivity contribution in [2.45, 2.75) is 32.4 Å². The zero-order valence-electron chi connectivity index (χ0n) is 16.2. The topological polar surface area (TPSA) is 54.3 Å². The van der Waals surface area contributed by atoms with E-state index in [1.165, 1.54) is 12.8 Å². The van der Waals surface area contributed by atoms with E-state index in [1.54, 1.807) is 12.4 Å². The molecule has 0 atom stereocenters. The third-order valence-corrected chi connectivity index (χ3v) is 5.66. The van der Waals surface area contributed by atoms with Crippen molar-refractivity contribution in [1.29, 1.82) is 0 Å². The predicted octanol–water partition coefficient (Wildman–Crippen LogP) is 4.81. The van der Waals surface area contributed by atoms with Crippen LogP contribution >= 0.6 is 12.4 Å². The first-order valence-electron chi connectivity index (χ1n) is 9.95. The normalized spacial score (nSPS) is 15.7. The van der Waals surface area contributed by atoms with Crippen LogP contribution in [0.3, 0.4) is 0 Å². The number of fused-ring (bicyclic) bond motifs is 3. The molecule has 0 saturated carbocycles. The summed E-state index contributed by atoms with van der Waals surface area (Å²) in [6, 6.07) is 12.1. The highest BCUT2D eigenvalue weighted by Gasteiger charge is 2.31. The van der Waals surface area contributed by atoms with Crippen LogP contribution in [0.4, 0.5) is 10.5 Å².